The standard InChI is InChI=1S/C22H27F3N6O7S/c1-3-4-13-5-7-14(8-6-13)39(35,36)30-15-9-10-16(31(17(15)32)38-19(34)22(23,24)25)21(2,18(26)33)11-12-37-29-20(27)28/h5-10,30H,3-4,11-12H2,1-2H3,(H2,26,33)(H4,27,28,29). The number of nitrogens with two attached hydrogens (primary N) is 3. The summed E-state index contributed by atoms with van der Waals surface area (Å²) in [5, 5.41) is 3.24. The van der Waals surface area contributed by atoms with Gasteiger partial charge >= 0.3 is 17.7 Å². The lowest BCUT2D eigenvalue weighted by molar-refractivity contribution is -0.200. The molecule has 0 bridgehead atoms. The van der Waals surface area contributed by atoms with Crippen LogP contribution < -0.4 is 32.3 Å². The first kappa shape index (κ1) is 30.9. The number of guanidine groups is 1. The molecule has 1 atom stereocenters. The molecule has 17 heteroatoms. The summed E-state index contributed by atoms with van der Waals surface area (Å²) in [4.78, 5) is 46.0. The Morgan fingerprint density at radius 2 is 1.69 bits per heavy atom. The van der Waals surface area contributed by atoms with Crippen LogP contribution in [0.5, 0.6) is 0 Å². The largest absolute Gasteiger partial charge is 0.493 e. The van der Waals surface area contributed by atoms with Crippen LogP contribution in [-0.4, -0.2) is 43.8 Å². The minimum Gasteiger partial charge on any atom is -0.393 e. The van der Waals surface area contributed by atoms with E-state index in [4.69, 9.17) is 22.0 Å². The SMILES string of the molecule is CCCc1ccc(S(=O)(=O)Nc2ccc(C(C)(CCON=C(N)N)C(N)=O)n(OC(=O)C(F)(F)F)c2=O)cc1. The van der Waals surface area contributed by atoms with Crippen molar-refractivity contribution in [3.63, 3.8) is 0 Å². The number of sulfonamides is 1. The van der Waals surface area contributed by atoms with Crippen LogP contribution in [0.15, 0.2) is 51.2 Å². The lowest BCUT2D eigenvalue weighted by Gasteiger charge is -2.28. The number of benzene rings is 1. The van der Waals surface area contributed by atoms with Gasteiger partial charge < -0.3 is 26.9 Å². The average Bonchev–Trinajstić information content (AvgIpc) is 2.83. The van der Waals surface area contributed by atoms with E-state index in [0.29, 0.717) is 6.42 Å². The molecular weight excluding hydrogens is 549 g/mol. The van der Waals surface area contributed by atoms with Crippen molar-refractivity contribution in [3.05, 3.63) is 58.0 Å². The molecule has 0 aliphatic heterocycles. The number of amides is 1. The smallest absolute Gasteiger partial charge is 0.393 e. The summed E-state index contributed by atoms with van der Waals surface area (Å²) in [5.41, 5.74) is 11.7. The molecule has 1 unspecified atom stereocenters. The second kappa shape index (κ2) is 12.1. The van der Waals surface area contributed by atoms with Crippen molar-refractivity contribution in [3.8, 4) is 0 Å². The molecule has 0 saturated heterocycles. The molecule has 2 aromatic rings. The van der Waals surface area contributed by atoms with Crippen LogP contribution in [0.25, 0.3) is 0 Å². The number of anilines is 1. The molecule has 1 aromatic heterocycles. The maximum absolute atomic E-state index is 13.1. The lowest BCUT2D eigenvalue weighted by atomic mass is 9.82. The van der Waals surface area contributed by atoms with Crippen molar-refractivity contribution >= 4 is 33.5 Å². The second-order valence-electron chi connectivity index (χ2n) is 8.40. The number of rotatable bonds is 12. The first-order valence-corrected chi connectivity index (χ1v) is 12.7. The van der Waals surface area contributed by atoms with Crippen LogP contribution >= 0.6 is 0 Å². The highest BCUT2D eigenvalue weighted by molar-refractivity contribution is 7.92. The maximum Gasteiger partial charge on any atom is 0.493 e. The Kier molecular flexibility index (Phi) is 9.57. The molecular formula is C22H27F3N6O7S. The molecule has 1 aromatic carbocycles. The van der Waals surface area contributed by atoms with E-state index in [-0.39, 0.29) is 9.63 Å². The van der Waals surface area contributed by atoms with Crippen LogP contribution in [0.1, 0.15) is 37.9 Å². The minimum absolute atomic E-state index is 0.149. The maximum atomic E-state index is 13.1. The quantitative estimate of drug-likeness (QED) is 0.119. The number of aryl methyl sites for hydroxylation is 1. The fraction of sp³-hybridized carbons (Fsp3) is 0.364. The third kappa shape index (κ3) is 7.62. The van der Waals surface area contributed by atoms with Gasteiger partial charge in [0.05, 0.1) is 16.0 Å². The van der Waals surface area contributed by atoms with Crippen molar-refractivity contribution in [1.82, 2.24) is 4.73 Å². The van der Waals surface area contributed by atoms with Gasteiger partial charge in [0.1, 0.15) is 12.3 Å². The molecule has 0 aliphatic rings. The Hall–Kier alpha value is -4.28. The molecule has 214 valence electrons. The lowest BCUT2D eigenvalue weighted by Crippen LogP contribution is -2.48. The molecule has 2 rings (SSSR count). The van der Waals surface area contributed by atoms with Crippen molar-refractivity contribution in [2.75, 3.05) is 11.3 Å². The summed E-state index contributed by atoms with van der Waals surface area (Å²) in [7, 11) is -4.41. The predicted octanol–water partition coefficient (Wildman–Crippen LogP) is 0.457. The van der Waals surface area contributed by atoms with Gasteiger partial charge in [0.15, 0.2) is 0 Å². The second-order valence-corrected chi connectivity index (χ2v) is 10.1. The van der Waals surface area contributed by atoms with Crippen LogP contribution in [0, 0.1) is 0 Å². The van der Waals surface area contributed by atoms with Crippen LogP contribution in [-0.2, 0) is 36.3 Å². The number of nitrogens with zero attached hydrogens (tertiary/aromatic N) is 2. The van der Waals surface area contributed by atoms with Gasteiger partial charge in [-0.2, -0.15) is 13.2 Å². The van der Waals surface area contributed by atoms with Crippen molar-refractivity contribution in [1.29, 1.82) is 0 Å². The zero-order valence-corrected chi connectivity index (χ0v) is 21.6. The Bertz CT molecular complexity index is 1400. The van der Waals surface area contributed by atoms with E-state index in [0.717, 1.165) is 31.0 Å². The summed E-state index contributed by atoms with van der Waals surface area (Å²) < 4.78 is 66.6. The molecule has 0 aliphatic carbocycles. The Morgan fingerprint density at radius 3 is 2.21 bits per heavy atom. The molecule has 0 radical (unpaired) electrons. The number of nitrogens with one attached hydrogen (secondary N) is 1. The topological polar surface area (TPSA) is 211 Å². The highest BCUT2D eigenvalue weighted by Gasteiger charge is 2.44. The number of hydrogen-bond donors (Lipinski definition) is 4. The normalized spacial score (nSPS) is 13.2. The molecule has 1 amide bonds. The minimum atomic E-state index is -5.55. The van der Waals surface area contributed by atoms with E-state index in [2.05, 4.69) is 9.99 Å². The summed E-state index contributed by atoms with van der Waals surface area (Å²) in [6.45, 7) is 2.65. The van der Waals surface area contributed by atoms with Gasteiger partial charge in [0.25, 0.3) is 10.0 Å². The summed E-state index contributed by atoms with van der Waals surface area (Å²) in [6, 6.07) is 7.48. The molecule has 0 fully saturated rings. The van der Waals surface area contributed by atoms with Crippen LogP contribution in [0.2, 0.25) is 0 Å². The fourth-order valence-corrected chi connectivity index (χ4v) is 4.36. The highest BCUT2D eigenvalue weighted by Crippen LogP contribution is 2.28. The first-order chi connectivity index (χ1) is 18.0. The number of aromatic nitrogens is 1. The highest BCUT2D eigenvalue weighted by atomic mass is 32.2. The summed E-state index contributed by atoms with van der Waals surface area (Å²) >= 11 is 0. The summed E-state index contributed by atoms with van der Waals surface area (Å²) in [5.74, 6) is -4.45. The van der Waals surface area contributed by atoms with Gasteiger partial charge in [-0.15, -0.1) is 4.73 Å². The zero-order chi connectivity index (χ0) is 29.6. The fourth-order valence-electron chi connectivity index (χ4n) is 3.31. The third-order valence-corrected chi connectivity index (χ3v) is 6.82. The number of carbonyl (C=O) groups excluding carboxylic acids is 2. The van der Waals surface area contributed by atoms with Gasteiger partial charge in [-0.3, -0.25) is 14.3 Å². The van der Waals surface area contributed by atoms with E-state index < -0.39 is 69.4 Å². The first-order valence-electron chi connectivity index (χ1n) is 11.2. The molecule has 13 nitrogen and oxygen atoms in total. The van der Waals surface area contributed by atoms with E-state index in [1.54, 1.807) is 12.1 Å². The molecule has 39 heavy (non-hydrogen) atoms. The van der Waals surface area contributed by atoms with E-state index >= 15 is 0 Å². The zero-order valence-electron chi connectivity index (χ0n) is 20.8. The Balaban J connectivity index is 2.60. The number of pyridine rings is 1. The van der Waals surface area contributed by atoms with Gasteiger partial charge in [-0.1, -0.05) is 25.5 Å². The number of hydrogen-bond acceptors (Lipinski definition) is 8. The van der Waals surface area contributed by atoms with Crippen molar-refractivity contribution < 1.29 is 40.9 Å². The molecule has 0 saturated carbocycles. The van der Waals surface area contributed by atoms with Crippen molar-refractivity contribution in [2.45, 2.75) is 49.6 Å². The van der Waals surface area contributed by atoms with Gasteiger partial charge in [0.2, 0.25) is 11.9 Å². The Morgan fingerprint density at radius 1 is 1.08 bits per heavy atom. The average molecular weight is 577 g/mol. The van der Waals surface area contributed by atoms with Crippen LogP contribution in [0.3, 0.4) is 0 Å². The molecule has 1 heterocycles. The number of carbonyl (C=O) groups is 2. The van der Waals surface area contributed by atoms with E-state index in [9.17, 15) is 36.0 Å². The Labute approximate surface area is 220 Å². The van der Waals surface area contributed by atoms with Crippen molar-refractivity contribution in [2.24, 2.45) is 22.4 Å². The molecule has 7 N–H and O–H groups in total. The number of alkyl halides is 3. The predicted molar refractivity (Wildman–Crippen MR) is 133 cm³/mol. The summed E-state index contributed by atoms with van der Waals surface area (Å²) in [6.07, 6.45) is -4.44. The van der Waals surface area contributed by atoms with Gasteiger partial charge in [0, 0.05) is 6.42 Å². The van der Waals surface area contributed by atoms with E-state index in [1.807, 2.05) is 11.6 Å². The van der Waals surface area contributed by atoms with E-state index in [1.165, 1.54) is 12.1 Å². The number of primary amides is 1. The number of halogens is 3. The molecule has 0 spiro atoms. The van der Waals surface area contributed by atoms with Gasteiger partial charge in [-0.05, 0) is 48.3 Å². The number of oxime groups is 1. The monoisotopic (exact) mass is 576 g/mol. The third-order valence-electron chi connectivity index (χ3n) is 5.44. The van der Waals surface area contributed by atoms with Crippen LogP contribution in [0.4, 0.5) is 18.9 Å². The van der Waals surface area contributed by atoms with Gasteiger partial charge in [-0.25, -0.2) is 13.2 Å².